The number of anilines is 5. The minimum atomic E-state index is 0.525. The number of aromatic nitrogens is 2. The van der Waals surface area contributed by atoms with E-state index in [4.69, 9.17) is 0 Å². The lowest BCUT2D eigenvalue weighted by Crippen LogP contribution is -2.19. The van der Waals surface area contributed by atoms with Gasteiger partial charge in [0.15, 0.2) is 0 Å². The lowest BCUT2D eigenvalue weighted by molar-refractivity contribution is 0.871. The fraction of sp³-hybridized carbons (Fsp3) is 0.0448. The van der Waals surface area contributed by atoms with E-state index in [9.17, 15) is 0 Å². The van der Waals surface area contributed by atoms with Crippen LogP contribution in [0.1, 0.15) is 6.42 Å². The van der Waals surface area contributed by atoms with Gasteiger partial charge in [0, 0.05) is 73.0 Å². The van der Waals surface area contributed by atoms with Crippen LogP contribution >= 0.6 is 0 Å². The molecule has 4 heteroatoms. The fourth-order valence-corrected chi connectivity index (χ4v) is 12.0. The molecule has 2 heterocycles. The van der Waals surface area contributed by atoms with Gasteiger partial charge in [-0.3, -0.25) is 0 Å². The summed E-state index contributed by atoms with van der Waals surface area (Å²) in [6.07, 6.45) is 8.16. The van der Waals surface area contributed by atoms with Gasteiger partial charge < -0.3 is 18.9 Å². The van der Waals surface area contributed by atoms with Gasteiger partial charge in [0.2, 0.25) is 0 Å². The Morgan fingerprint density at radius 1 is 0.380 bits per heavy atom. The molecule has 2 unspecified atom stereocenters. The van der Waals surface area contributed by atoms with Gasteiger partial charge in [-0.05, 0) is 154 Å². The quantitative estimate of drug-likeness (QED) is 0.134. The molecule has 0 bridgehead atoms. The summed E-state index contributed by atoms with van der Waals surface area (Å²) in [5.41, 5.74) is 15.2. The number of para-hydroxylation sites is 3. The number of allylic oxidation sites excluding steroid dienone is 4. The van der Waals surface area contributed by atoms with Crippen LogP contribution in [0.3, 0.4) is 0 Å². The molecule has 0 aliphatic heterocycles. The molecule has 2 aliphatic carbocycles. The highest BCUT2D eigenvalue weighted by molar-refractivity contribution is 6.34. The van der Waals surface area contributed by atoms with E-state index in [0.29, 0.717) is 11.8 Å². The number of rotatable bonds is 9. The van der Waals surface area contributed by atoms with Crippen LogP contribution in [0, 0.1) is 11.8 Å². The van der Waals surface area contributed by atoms with Gasteiger partial charge in [-0.25, -0.2) is 0 Å². The van der Waals surface area contributed by atoms with E-state index in [0.717, 1.165) is 45.2 Å². The molecule has 2 aromatic heterocycles. The van der Waals surface area contributed by atoms with Crippen molar-refractivity contribution in [1.82, 2.24) is 9.13 Å². The first-order chi connectivity index (χ1) is 35.2. The van der Waals surface area contributed by atoms with Crippen LogP contribution in [0.15, 0.2) is 261 Å². The van der Waals surface area contributed by atoms with Crippen molar-refractivity contribution in [2.75, 3.05) is 9.80 Å². The monoisotopic (exact) mass is 906 g/mol. The lowest BCUT2D eigenvalue weighted by Gasteiger charge is -2.29. The Hall–Kier alpha value is -9.12. The molecule has 15 rings (SSSR count). The second-order valence-corrected chi connectivity index (χ2v) is 19.3. The average molecular weight is 907 g/mol. The van der Waals surface area contributed by atoms with Gasteiger partial charge in [0.25, 0.3) is 0 Å². The largest absolute Gasteiger partial charge is 0.314 e. The maximum absolute atomic E-state index is 2.50. The molecule has 1 saturated carbocycles. The van der Waals surface area contributed by atoms with Crippen LogP contribution in [-0.4, -0.2) is 9.13 Å². The highest BCUT2D eigenvalue weighted by atomic mass is 15.2. The first kappa shape index (κ1) is 39.8. The van der Waals surface area contributed by atoms with Crippen molar-refractivity contribution >= 4 is 93.5 Å². The molecule has 11 aromatic carbocycles. The first-order valence-electron chi connectivity index (χ1n) is 24.8. The second kappa shape index (κ2) is 15.7. The predicted octanol–water partition coefficient (Wildman–Crippen LogP) is 18.0. The summed E-state index contributed by atoms with van der Waals surface area (Å²) in [6.45, 7) is 0. The van der Waals surface area contributed by atoms with Gasteiger partial charge in [0.05, 0.1) is 22.2 Å². The Balaban J connectivity index is 0.951. The van der Waals surface area contributed by atoms with Crippen LogP contribution in [-0.2, 0) is 0 Å². The Labute approximate surface area is 411 Å². The number of hydrogen-bond acceptors (Lipinski definition) is 2. The summed E-state index contributed by atoms with van der Waals surface area (Å²) in [7, 11) is 0. The SMILES string of the molecule is C1=CC2CC2C(N(c2ccccc2)c2ccc3c(c2)c2cc(N(c4ccccc4)c4ccccc4)ccc2n3-c2ccc(-n3c(-c4ccccc4)cc4c5cccc6ccc7cccc(c7c65)c43)cc2)=C1. The Bertz CT molecular complexity index is 4200. The van der Waals surface area contributed by atoms with E-state index in [1.165, 1.54) is 83.1 Å². The third-order valence-electron chi connectivity index (χ3n) is 15.3. The summed E-state index contributed by atoms with van der Waals surface area (Å²) in [5, 5.41) is 11.4. The third kappa shape index (κ3) is 6.24. The van der Waals surface area contributed by atoms with Crippen molar-refractivity contribution in [1.29, 1.82) is 0 Å². The number of fused-ring (bicyclic) bond motifs is 7. The Kier molecular flexibility index (Phi) is 8.81. The molecule has 0 spiro atoms. The molecule has 334 valence electrons. The molecular weight excluding hydrogens is 861 g/mol. The maximum atomic E-state index is 2.50. The minimum Gasteiger partial charge on any atom is -0.314 e. The van der Waals surface area contributed by atoms with Crippen LogP contribution < -0.4 is 9.80 Å². The van der Waals surface area contributed by atoms with E-state index in [1.54, 1.807) is 0 Å². The van der Waals surface area contributed by atoms with Crippen molar-refractivity contribution in [2.45, 2.75) is 6.42 Å². The van der Waals surface area contributed by atoms with Crippen molar-refractivity contribution in [3.63, 3.8) is 0 Å². The summed E-state index contributed by atoms with van der Waals surface area (Å²) in [5.74, 6) is 1.14. The van der Waals surface area contributed by atoms with Crippen LogP contribution in [0.4, 0.5) is 28.4 Å². The number of hydrogen-bond donors (Lipinski definition) is 0. The molecule has 71 heavy (non-hydrogen) atoms. The molecule has 0 radical (unpaired) electrons. The third-order valence-corrected chi connectivity index (χ3v) is 15.3. The van der Waals surface area contributed by atoms with E-state index < -0.39 is 0 Å². The van der Waals surface area contributed by atoms with Crippen LogP contribution in [0.25, 0.3) is 87.7 Å². The molecule has 13 aromatic rings. The van der Waals surface area contributed by atoms with E-state index in [-0.39, 0.29) is 0 Å². The number of benzene rings is 11. The second-order valence-electron chi connectivity index (χ2n) is 19.3. The van der Waals surface area contributed by atoms with Gasteiger partial charge >= 0.3 is 0 Å². The molecule has 1 fully saturated rings. The molecular formula is C67H46N4. The normalized spacial score (nSPS) is 15.3. The highest BCUT2D eigenvalue weighted by Crippen LogP contribution is 2.52. The fourth-order valence-electron chi connectivity index (χ4n) is 12.0. The summed E-state index contributed by atoms with van der Waals surface area (Å²) in [4.78, 5) is 4.86. The van der Waals surface area contributed by atoms with Gasteiger partial charge in [-0.15, -0.1) is 0 Å². The average Bonchev–Trinajstić information content (AvgIpc) is 4.03. The van der Waals surface area contributed by atoms with E-state index in [2.05, 4.69) is 274 Å². The smallest absolute Gasteiger partial charge is 0.0620 e. The van der Waals surface area contributed by atoms with Gasteiger partial charge in [-0.2, -0.15) is 0 Å². The Morgan fingerprint density at radius 2 is 0.901 bits per heavy atom. The van der Waals surface area contributed by atoms with Gasteiger partial charge in [-0.1, -0.05) is 146 Å². The van der Waals surface area contributed by atoms with Crippen LogP contribution in [0.5, 0.6) is 0 Å². The minimum absolute atomic E-state index is 0.525. The van der Waals surface area contributed by atoms with Crippen molar-refractivity contribution < 1.29 is 0 Å². The van der Waals surface area contributed by atoms with Crippen LogP contribution in [0.2, 0.25) is 0 Å². The highest BCUT2D eigenvalue weighted by Gasteiger charge is 2.42. The summed E-state index contributed by atoms with van der Waals surface area (Å²) >= 11 is 0. The predicted molar refractivity (Wildman–Crippen MR) is 299 cm³/mol. The van der Waals surface area contributed by atoms with E-state index in [1.807, 2.05) is 0 Å². The molecule has 2 aliphatic rings. The lowest BCUT2D eigenvalue weighted by atomic mass is 9.92. The van der Waals surface area contributed by atoms with Gasteiger partial charge in [0.1, 0.15) is 0 Å². The zero-order chi connectivity index (χ0) is 46.6. The summed E-state index contributed by atoms with van der Waals surface area (Å²) < 4.78 is 4.96. The van der Waals surface area contributed by atoms with Crippen molar-refractivity contribution in [3.05, 3.63) is 261 Å². The Morgan fingerprint density at radius 3 is 1.51 bits per heavy atom. The molecule has 0 N–H and O–H groups in total. The van der Waals surface area contributed by atoms with Crippen molar-refractivity contribution in [2.24, 2.45) is 11.8 Å². The zero-order valence-electron chi connectivity index (χ0n) is 38.9. The summed E-state index contributed by atoms with van der Waals surface area (Å²) in [6, 6.07) is 87.1. The van der Waals surface area contributed by atoms with E-state index >= 15 is 0 Å². The molecule has 4 nitrogen and oxygen atoms in total. The number of nitrogens with zero attached hydrogens (tertiary/aromatic N) is 4. The standard InChI is InChI=1S/C67H46N4/c1-5-16-44(17-6-1)64-43-60-55-27-13-18-45-30-31-46-19-14-28-56(66(46)65(45)55)67(60)71(64)52-34-32-51(33-35-52)70-62-38-36-53(68(48-21-7-2-8-22-48)49-23-9-3-10-24-49)41-58(62)59-42-54(37-39-63(59)70)69(50-25-11-4-12-26-50)61-29-15-20-47-40-57(47)61/h1-39,41-43,47,57H,40H2. The topological polar surface area (TPSA) is 16.3 Å². The molecule has 0 amide bonds. The zero-order valence-corrected chi connectivity index (χ0v) is 38.9. The molecule has 2 atom stereocenters. The first-order valence-corrected chi connectivity index (χ1v) is 24.8. The molecule has 0 saturated heterocycles. The maximum Gasteiger partial charge on any atom is 0.0620 e. The van der Waals surface area contributed by atoms with Crippen molar-refractivity contribution in [3.8, 4) is 22.6 Å².